The summed E-state index contributed by atoms with van der Waals surface area (Å²) in [5.74, 6) is 2.73. The molecule has 2 heterocycles. The third kappa shape index (κ3) is 3.48. The van der Waals surface area contributed by atoms with Crippen molar-refractivity contribution in [1.82, 2.24) is 0 Å². The lowest BCUT2D eigenvalue weighted by atomic mass is 9.99. The number of β-amino-alcohol motifs (C(OH)–C–C–N with tert-alkyl or cyclic N) is 1. The van der Waals surface area contributed by atoms with Crippen molar-refractivity contribution in [1.29, 1.82) is 0 Å². The topological polar surface area (TPSA) is 44.9 Å². The van der Waals surface area contributed by atoms with E-state index in [9.17, 15) is 5.11 Å². The molecule has 1 N–H and O–H groups in total. The molecule has 154 valence electrons. The lowest BCUT2D eigenvalue weighted by Crippen LogP contribution is -2.41. The summed E-state index contributed by atoms with van der Waals surface area (Å²) in [5.41, 5.74) is 2.11. The van der Waals surface area contributed by atoms with E-state index >= 15 is 0 Å². The number of aryl methyl sites for hydroxylation is 1. The van der Waals surface area contributed by atoms with Crippen LogP contribution in [0.25, 0.3) is 0 Å². The molecule has 5 nitrogen and oxygen atoms in total. The molecule has 2 aliphatic heterocycles. The lowest BCUT2D eigenvalue weighted by molar-refractivity contribution is -0.658. The van der Waals surface area contributed by atoms with E-state index < -0.39 is 5.72 Å². The second kappa shape index (κ2) is 8.07. The maximum Gasteiger partial charge on any atom is 0.271 e. The average molecular weight is 396 g/mol. The van der Waals surface area contributed by atoms with E-state index in [4.69, 9.17) is 9.47 Å². The van der Waals surface area contributed by atoms with Crippen LogP contribution in [0.4, 0.5) is 5.69 Å². The summed E-state index contributed by atoms with van der Waals surface area (Å²) in [6, 6.07) is 14.2. The molecule has 2 aromatic carbocycles. The van der Waals surface area contributed by atoms with E-state index in [1.165, 1.54) is 12.0 Å². The number of benzene rings is 2. The van der Waals surface area contributed by atoms with Crippen LogP contribution in [-0.2, 0) is 12.1 Å². The van der Waals surface area contributed by atoms with Crippen molar-refractivity contribution in [3.05, 3.63) is 53.6 Å². The SMILES string of the molecule is CCc1ccc([C@]2(O)CN(c3cc(OC)ccc3OC)C3=[N+]2CCCCC3)cc1. The summed E-state index contributed by atoms with van der Waals surface area (Å²) in [6.07, 6.45) is 5.32. The molecule has 0 saturated carbocycles. The predicted octanol–water partition coefficient (Wildman–Crippen LogP) is 3.92. The first-order valence-corrected chi connectivity index (χ1v) is 10.6. The van der Waals surface area contributed by atoms with Crippen LogP contribution in [-0.4, -0.2) is 42.8 Å². The number of aliphatic hydroxyl groups is 1. The van der Waals surface area contributed by atoms with E-state index in [-0.39, 0.29) is 0 Å². The van der Waals surface area contributed by atoms with Gasteiger partial charge < -0.3 is 14.6 Å². The van der Waals surface area contributed by atoms with Crippen molar-refractivity contribution in [2.75, 3.05) is 32.2 Å². The summed E-state index contributed by atoms with van der Waals surface area (Å²) >= 11 is 0. The number of hydrogen-bond donors (Lipinski definition) is 1. The lowest BCUT2D eigenvalue weighted by Gasteiger charge is -2.24. The largest absolute Gasteiger partial charge is 0.497 e. The van der Waals surface area contributed by atoms with Crippen LogP contribution in [0.5, 0.6) is 11.5 Å². The van der Waals surface area contributed by atoms with Crippen molar-refractivity contribution in [2.24, 2.45) is 0 Å². The van der Waals surface area contributed by atoms with Crippen LogP contribution in [0.15, 0.2) is 42.5 Å². The van der Waals surface area contributed by atoms with E-state index in [0.29, 0.717) is 6.54 Å². The molecular formula is C24H31N2O3+. The Hall–Kier alpha value is -2.53. The second-order valence-electron chi connectivity index (χ2n) is 7.87. The van der Waals surface area contributed by atoms with E-state index in [1.807, 2.05) is 18.2 Å². The molecule has 0 radical (unpaired) electrons. The third-order valence-electron chi connectivity index (χ3n) is 6.23. The quantitative estimate of drug-likeness (QED) is 0.780. The number of anilines is 1. The molecule has 0 aromatic heterocycles. The molecule has 0 fully saturated rings. The fourth-order valence-corrected chi connectivity index (χ4v) is 4.56. The van der Waals surface area contributed by atoms with E-state index in [1.54, 1.807) is 14.2 Å². The van der Waals surface area contributed by atoms with Crippen LogP contribution in [0, 0.1) is 0 Å². The van der Waals surface area contributed by atoms with Crippen LogP contribution < -0.4 is 14.4 Å². The number of ether oxygens (including phenoxy) is 2. The summed E-state index contributed by atoms with van der Waals surface area (Å²) in [4.78, 5) is 2.22. The second-order valence-corrected chi connectivity index (χ2v) is 7.87. The van der Waals surface area contributed by atoms with Gasteiger partial charge in [0.15, 0.2) is 18.0 Å². The highest BCUT2D eigenvalue weighted by Gasteiger charge is 2.52. The molecule has 0 bridgehead atoms. The molecule has 29 heavy (non-hydrogen) atoms. The highest BCUT2D eigenvalue weighted by molar-refractivity contribution is 5.97. The predicted molar refractivity (Wildman–Crippen MR) is 115 cm³/mol. The highest BCUT2D eigenvalue weighted by Crippen LogP contribution is 2.40. The van der Waals surface area contributed by atoms with Gasteiger partial charge in [0.2, 0.25) is 0 Å². The fourth-order valence-electron chi connectivity index (χ4n) is 4.56. The first-order valence-electron chi connectivity index (χ1n) is 10.6. The Morgan fingerprint density at radius 2 is 1.83 bits per heavy atom. The van der Waals surface area contributed by atoms with Crippen LogP contribution in [0.3, 0.4) is 0 Å². The number of amidine groups is 1. The van der Waals surface area contributed by atoms with Crippen LogP contribution in [0.2, 0.25) is 0 Å². The maximum absolute atomic E-state index is 12.0. The summed E-state index contributed by atoms with van der Waals surface area (Å²) in [6.45, 7) is 3.47. The molecule has 0 amide bonds. The molecule has 0 unspecified atom stereocenters. The number of hydrogen-bond acceptors (Lipinski definition) is 4. The Balaban J connectivity index is 1.82. The monoisotopic (exact) mass is 395 g/mol. The summed E-state index contributed by atoms with van der Waals surface area (Å²) in [5, 5.41) is 12.0. The minimum atomic E-state index is -1.06. The normalized spacial score (nSPS) is 21.7. The minimum absolute atomic E-state index is 0.470. The van der Waals surface area contributed by atoms with Crippen molar-refractivity contribution < 1.29 is 19.2 Å². The number of nitrogens with zero attached hydrogens (tertiary/aromatic N) is 2. The molecule has 2 aliphatic rings. The fraction of sp³-hybridized carbons (Fsp3) is 0.458. The Labute approximate surface area is 173 Å². The van der Waals surface area contributed by atoms with Gasteiger partial charge in [0.25, 0.3) is 11.6 Å². The number of rotatable bonds is 5. The molecule has 5 heteroatoms. The maximum atomic E-state index is 12.0. The summed E-state index contributed by atoms with van der Waals surface area (Å²) < 4.78 is 13.3. The van der Waals surface area contributed by atoms with Gasteiger partial charge in [0.05, 0.1) is 20.8 Å². The van der Waals surface area contributed by atoms with E-state index in [0.717, 1.165) is 60.8 Å². The Bertz CT molecular complexity index is 907. The highest BCUT2D eigenvalue weighted by atomic mass is 16.5. The van der Waals surface area contributed by atoms with Crippen LogP contribution in [0.1, 0.15) is 43.7 Å². The van der Waals surface area contributed by atoms with Gasteiger partial charge in [-0.2, -0.15) is 0 Å². The number of methoxy groups -OCH3 is 2. The summed E-state index contributed by atoms with van der Waals surface area (Å²) in [7, 11) is 3.36. The zero-order chi connectivity index (χ0) is 20.4. The van der Waals surface area contributed by atoms with Gasteiger partial charge in [-0.1, -0.05) is 31.2 Å². The zero-order valence-electron chi connectivity index (χ0n) is 17.6. The Morgan fingerprint density at radius 1 is 1.03 bits per heavy atom. The van der Waals surface area contributed by atoms with E-state index in [2.05, 4.69) is 40.7 Å². The molecule has 4 rings (SSSR count). The van der Waals surface area contributed by atoms with Gasteiger partial charge in [0, 0.05) is 18.1 Å². The first kappa shape index (κ1) is 19.8. The van der Waals surface area contributed by atoms with Crippen molar-refractivity contribution in [3.8, 4) is 11.5 Å². The standard InChI is InChI=1S/C24H31N2O3/c1-4-18-9-11-19(12-10-18)24(27)17-25(23-8-6-5-7-15-26(23)24)21-16-20(28-2)13-14-22(21)29-3/h9-14,16,27H,4-8,15,17H2,1-3H3/q+1/t24-/m1/s1. The van der Waals surface area contributed by atoms with Gasteiger partial charge in [-0.25, -0.2) is 9.48 Å². The Kier molecular flexibility index (Phi) is 5.50. The molecule has 1 atom stereocenters. The molecule has 0 saturated heterocycles. The molecule has 0 spiro atoms. The third-order valence-corrected chi connectivity index (χ3v) is 6.23. The molecule has 2 aromatic rings. The average Bonchev–Trinajstić information content (AvgIpc) is 2.91. The van der Waals surface area contributed by atoms with Crippen molar-refractivity contribution >= 4 is 11.5 Å². The van der Waals surface area contributed by atoms with Crippen LogP contribution >= 0.6 is 0 Å². The van der Waals surface area contributed by atoms with Gasteiger partial charge >= 0.3 is 0 Å². The smallest absolute Gasteiger partial charge is 0.271 e. The minimum Gasteiger partial charge on any atom is -0.497 e. The Morgan fingerprint density at radius 3 is 2.52 bits per heavy atom. The van der Waals surface area contributed by atoms with Crippen molar-refractivity contribution in [2.45, 2.75) is 44.8 Å². The molecule has 0 aliphatic carbocycles. The van der Waals surface area contributed by atoms with Gasteiger partial charge in [-0.05, 0) is 43.4 Å². The van der Waals surface area contributed by atoms with Gasteiger partial charge in [0.1, 0.15) is 5.75 Å². The first-order chi connectivity index (χ1) is 14.1. The van der Waals surface area contributed by atoms with Gasteiger partial charge in [-0.3, -0.25) is 0 Å². The molecular weight excluding hydrogens is 364 g/mol. The zero-order valence-corrected chi connectivity index (χ0v) is 17.6. The van der Waals surface area contributed by atoms with Gasteiger partial charge in [-0.15, -0.1) is 0 Å². The van der Waals surface area contributed by atoms with Crippen molar-refractivity contribution in [3.63, 3.8) is 0 Å².